The van der Waals surface area contributed by atoms with Crippen molar-refractivity contribution in [3.8, 4) is 11.1 Å². The van der Waals surface area contributed by atoms with Crippen LogP contribution in [0.5, 0.6) is 0 Å². The van der Waals surface area contributed by atoms with Gasteiger partial charge in [-0.3, -0.25) is 19.1 Å². The van der Waals surface area contributed by atoms with E-state index in [1.54, 1.807) is 36.4 Å². The number of rotatable bonds is 8. The number of sulfonamides is 1. The number of benzene rings is 1. The number of hydrogen-bond acceptors (Lipinski definition) is 9. The molecule has 0 saturated carbocycles. The van der Waals surface area contributed by atoms with Crippen LogP contribution in [0.1, 0.15) is 23.8 Å². The van der Waals surface area contributed by atoms with E-state index in [-0.39, 0.29) is 42.0 Å². The Morgan fingerprint density at radius 1 is 1.12 bits per heavy atom. The maximum absolute atomic E-state index is 14.5. The summed E-state index contributed by atoms with van der Waals surface area (Å²) in [6, 6.07) is 8.90. The van der Waals surface area contributed by atoms with Crippen LogP contribution in [0.25, 0.3) is 22.0 Å². The quantitative estimate of drug-likeness (QED) is 0.164. The maximum Gasteiger partial charge on any atom is 0.276 e. The second-order valence-electron chi connectivity index (χ2n) is 9.49. The molecule has 16 heteroatoms. The SMILES string of the molecule is CNS(=O)(=O)c1ncc(-c2ccc3c(c2)c(C(C)=O)nn3CC(=O)N2C[C@H](F)C[C@H]2C(=O)Nc2cccc(Br)n2)cn1. The lowest BCUT2D eigenvalue weighted by atomic mass is 10.0. The largest absolute Gasteiger partial charge is 0.326 e. The summed E-state index contributed by atoms with van der Waals surface area (Å²) < 4.78 is 42.3. The number of amides is 2. The van der Waals surface area contributed by atoms with Gasteiger partial charge in [-0.2, -0.15) is 5.10 Å². The number of likely N-dealkylation sites (tertiary alicyclic amines) is 1. The predicted molar refractivity (Wildman–Crippen MR) is 153 cm³/mol. The topological polar surface area (TPSA) is 169 Å². The molecule has 4 aromatic rings. The lowest BCUT2D eigenvalue weighted by Crippen LogP contribution is -2.44. The molecule has 1 aliphatic rings. The van der Waals surface area contributed by atoms with Crippen LogP contribution in [0.3, 0.4) is 0 Å². The van der Waals surface area contributed by atoms with Crippen LogP contribution in [0.2, 0.25) is 0 Å². The normalized spacial score (nSPS) is 17.0. The Labute approximate surface area is 247 Å². The number of carbonyl (C=O) groups excluding carboxylic acids is 3. The monoisotopic (exact) mass is 658 g/mol. The van der Waals surface area contributed by atoms with Gasteiger partial charge in [-0.15, -0.1) is 0 Å². The highest BCUT2D eigenvalue weighted by molar-refractivity contribution is 9.10. The molecule has 0 unspecified atom stereocenters. The van der Waals surface area contributed by atoms with Gasteiger partial charge in [-0.25, -0.2) is 32.5 Å². The molecule has 0 radical (unpaired) electrons. The average Bonchev–Trinajstić information content (AvgIpc) is 3.53. The molecule has 13 nitrogen and oxygen atoms in total. The van der Waals surface area contributed by atoms with Gasteiger partial charge in [0.15, 0.2) is 5.78 Å². The number of hydrogen-bond donors (Lipinski definition) is 2. The van der Waals surface area contributed by atoms with Crippen molar-refractivity contribution in [2.75, 3.05) is 18.9 Å². The second-order valence-corrected chi connectivity index (χ2v) is 12.1. The number of carbonyl (C=O) groups is 3. The average molecular weight is 659 g/mol. The molecular weight excluding hydrogens is 635 g/mol. The molecule has 0 bridgehead atoms. The highest BCUT2D eigenvalue weighted by Gasteiger charge is 2.40. The summed E-state index contributed by atoms with van der Waals surface area (Å²) in [6.07, 6.45) is 1.14. The van der Waals surface area contributed by atoms with Crippen LogP contribution in [0.15, 0.2) is 58.6 Å². The lowest BCUT2D eigenvalue weighted by molar-refractivity contribution is -0.137. The summed E-state index contributed by atoms with van der Waals surface area (Å²) in [5, 5.41) is 7.03. The molecule has 0 aliphatic carbocycles. The number of nitrogens with one attached hydrogen (secondary N) is 2. The standard InChI is InChI=1S/C26H24BrFN8O5S/c1-14(37)24-18-8-15(16-10-30-26(31-11-16)42(40,41)29-2)6-7-19(18)36(34-24)13-23(38)35-12-17(28)9-20(35)25(39)33-22-5-3-4-21(27)32-22/h3-8,10-11,17,20,29H,9,12-13H2,1-2H3,(H,32,33,39)/t17-,20+/m1/s1. The summed E-state index contributed by atoms with van der Waals surface area (Å²) in [5.74, 6) is -1.20. The Morgan fingerprint density at radius 2 is 1.86 bits per heavy atom. The molecule has 218 valence electrons. The van der Waals surface area contributed by atoms with Crippen molar-refractivity contribution in [1.82, 2.24) is 34.4 Å². The lowest BCUT2D eigenvalue weighted by Gasteiger charge is -2.23. The fourth-order valence-corrected chi connectivity index (χ4v) is 5.56. The molecule has 3 aromatic heterocycles. The number of Topliss-reactive ketones (excluding diaryl/α,β-unsaturated/α-hetero) is 1. The molecule has 1 saturated heterocycles. The summed E-state index contributed by atoms with van der Waals surface area (Å²) >= 11 is 3.23. The molecule has 2 amide bonds. The van der Waals surface area contributed by atoms with Gasteiger partial charge in [0.05, 0.1) is 12.1 Å². The fourth-order valence-electron chi connectivity index (χ4n) is 4.65. The minimum absolute atomic E-state index is 0.106. The molecule has 1 aromatic carbocycles. The predicted octanol–water partition coefficient (Wildman–Crippen LogP) is 2.34. The van der Waals surface area contributed by atoms with E-state index in [9.17, 15) is 27.2 Å². The van der Waals surface area contributed by atoms with Gasteiger partial charge in [-0.05, 0) is 52.8 Å². The number of nitrogens with zero attached hydrogens (tertiary/aromatic N) is 6. The van der Waals surface area contributed by atoms with Gasteiger partial charge in [-0.1, -0.05) is 12.1 Å². The zero-order valence-corrected chi connectivity index (χ0v) is 24.7. The molecule has 0 spiro atoms. The molecule has 5 rings (SSSR count). The number of ketones is 1. The van der Waals surface area contributed by atoms with Gasteiger partial charge in [0.25, 0.3) is 15.2 Å². The first-order valence-electron chi connectivity index (χ1n) is 12.6. The van der Waals surface area contributed by atoms with Crippen LogP contribution >= 0.6 is 15.9 Å². The van der Waals surface area contributed by atoms with Crippen molar-refractivity contribution < 1.29 is 27.2 Å². The number of halogens is 2. The Morgan fingerprint density at radius 3 is 2.52 bits per heavy atom. The van der Waals surface area contributed by atoms with Crippen LogP contribution in [-0.4, -0.2) is 81.5 Å². The van der Waals surface area contributed by atoms with Crippen molar-refractivity contribution in [1.29, 1.82) is 0 Å². The molecule has 1 aliphatic heterocycles. The second kappa shape index (κ2) is 11.6. The molecule has 1 fully saturated rings. The molecule has 2 N–H and O–H groups in total. The third-order valence-corrected chi connectivity index (χ3v) is 8.35. The van der Waals surface area contributed by atoms with E-state index >= 15 is 0 Å². The number of anilines is 1. The number of fused-ring (bicyclic) bond motifs is 1. The summed E-state index contributed by atoms with van der Waals surface area (Å²) in [5.41, 5.74) is 1.64. The number of aromatic nitrogens is 5. The summed E-state index contributed by atoms with van der Waals surface area (Å²) in [4.78, 5) is 51.9. The van der Waals surface area contributed by atoms with Gasteiger partial charge >= 0.3 is 0 Å². The van der Waals surface area contributed by atoms with E-state index in [4.69, 9.17) is 0 Å². The van der Waals surface area contributed by atoms with Crippen LogP contribution in [0.4, 0.5) is 10.2 Å². The Hall–Kier alpha value is -4.15. The molecule has 4 heterocycles. The third kappa shape index (κ3) is 5.91. The van der Waals surface area contributed by atoms with Crippen LogP contribution in [0, 0.1) is 0 Å². The van der Waals surface area contributed by atoms with E-state index in [0.29, 0.717) is 26.6 Å². The van der Waals surface area contributed by atoms with Crippen molar-refractivity contribution in [3.05, 3.63) is 59.1 Å². The fraction of sp³-hybridized carbons (Fsp3) is 0.269. The van der Waals surface area contributed by atoms with Gasteiger partial charge in [0, 0.05) is 36.7 Å². The zero-order valence-electron chi connectivity index (χ0n) is 22.3. The highest BCUT2D eigenvalue weighted by Crippen LogP contribution is 2.28. The van der Waals surface area contributed by atoms with Gasteiger partial charge in [0.2, 0.25) is 11.8 Å². The first-order chi connectivity index (χ1) is 20.0. The summed E-state index contributed by atoms with van der Waals surface area (Å²) in [7, 11) is -2.56. The first-order valence-corrected chi connectivity index (χ1v) is 14.9. The van der Waals surface area contributed by atoms with Crippen molar-refractivity contribution in [2.24, 2.45) is 0 Å². The molecular formula is C26H24BrFN8O5S. The van der Waals surface area contributed by atoms with E-state index in [1.807, 2.05) is 0 Å². The van der Waals surface area contributed by atoms with E-state index in [0.717, 1.165) is 0 Å². The number of alkyl halides is 1. The van der Waals surface area contributed by atoms with Crippen LogP contribution < -0.4 is 10.0 Å². The van der Waals surface area contributed by atoms with Crippen LogP contribution in [-0.2, 0) is 26.2 Å². The van der Waals surface area contributed by atoms with Gasteiger partial charge < -0.3 is 10.2 Å². The zero-order chi connectivity index (χ0) is 30.2. The van der Waals surface area contributed by atoms with Crippen molar-refractivity contribution in [3.63, 3.8) is 0 Å². The summed E-state index contributed by atoms with van der Waals surface area (Å²) in [6.45, 7) is 0.741. The van der Waals surface area contributed by atoms with E-state index in [1.165, 1.54) is 35.9 Å². The van der Waals surface area contributed by atoms with E-state index < -0.39 is 34.1 Å². The molecule has 42 heavy (non-hydrogen) atoms. The van der Waals surface area contributed by atoms with E-state index in [2.05, 4.69) is 46.0 Å². The van der Waals surface area contributed by atoms with Crippen molar-refractivity contribution >= 4 is 60.3 Å². The van der Waals surface area contributed by atoms with Crippen molar-refractivity contribution in [2.45, 2.75) is 37.3 Å². The smallest absolute Gasteiger partial charge is 0.276 e. The molecule has 2 atom stereocenters. The number of pyridine rings is 1. The van der Waals surface area contributed by atoms with Gasteiger partial charge in [0.1, 0.15) is 34.9 Å². The Kier molecular flexibility index (Phi) is 8.12. The third-order valence-electron chi connectivity index (χ3n) is 6.68. The minimum Gasteiger partial charge on any atom is -0.326 e. The Bertz CT molecular complexity index is 1820. The Balaban J connectivity index is 1.40. The highest BCUT2D eigenvalue weighted by atomic mass is 79.9. The maximum atomic E-state index is 14.5. The first kappa shape index (κ1) is 29.3. The minimum atomic E-state index is -3.82.